The number of nitrogens with zero attached hydrogens (tertiary/aromatic N) is 1. The molecule has 1 aliphatic carbocycles. The maximum Gasteiger partial charge on any atom is 0.192 e. The van der Waals surface area contributed by atoms with Gasteiger partial charge in [0.25, 0.3) is 0 Å². The molecule has 0 radical (unpaired) electrons. The van der Waals surface area contributed by atoms with Crippen LogP contribution in [-0.4, -0.2) is 31.4 Å². The van der Waals surface area contributed by atoms with Gasteiger partial charge in [0.15, 0.2) is 8.32 Å². The summed E-state index contributed by atoms with van der Waals surface area (Å²) in [6.45, 7) is 13.7. The van der Waals surface area contributed by atoms with Crippen LogP contribution in [0.4, 0.5) is 0 Å². The van der Waals surface area contributed by atoms with Gasteiger partial charge in [0.2, 0.25) is 0 Å². The molecule has 0 N–H and O–H groups in total. The van der Waals surface area contributed by atoms with Crippen LogP contribution in [0, 0.1) is 0 Å². The van der Waals surface area contributed by atoms with E-state index in [4.69, 9.17) is 4.43 Å². The summed E-state index contributed by atoms with van der Waals surface area (Å²) in [6, 6.07) is 11.6. The molecule has 1 saturated heterocycles. The number of rotatable bonds is 5. The zero-order valence-electron chi connectivity index (χ0n) is 15.6. The van der Waals surface area contributed by atoms with E-state index in [9.17, 15) is 0 Å². The maximum absolute atomic E-state index is 6.56. The molecule has 0 aromatic heterocycles. The van der Waals surface area contributed by atoms with Crippen LogP contribution in [0.1, 0.15) is 52.0 Å². The molecular weight excluding hydrogens is 298 g/mol. The fourth-order valence-corrected chi connectivity index (χ4v) is 4.62. The van der Waals surface area contributed by atoms with E-state index in [1.165, 1.54) is 31.2 Å². The Balaban J connectivity index is 1.67. The summed E-state index contributed by atoms with van der Waals surface area (Å²) in [7, 11) is -1.65. The Morgan fingerprint density at radius 3 is 2.35 bits per heavy atom. The second kappa shape index (κ2) is 6.02. The Morgan fingerprint density at radius 2 is 1.78 bits per heavy atom. The summed E-state index contributed by atoms with van der Waals surface area (Å²) in [5, 5.41) is 0.299. The minimum absolute atomic E-state index is 0.299. The predicted molar refractivity (Wildman–Crippen MR) is 100 cm³/mol. The van der Waals surface area contributed by atoms with E-state index in [1.807, 2.05) is 0 Å². The van der Waals surface area contributed by atoms with Gasteiger partial charge < -0.3 is 4.43 Å². The van der Waals surface area contributed by atoms with E-state index in [2.05, 4.69) is 69.1 Å². The van der Waals surface area contributed by atoms with Gasteiger partial charge in [0.05, 0.1) is 0 Å². The second-order valence-corrected chi connectivity index (χ2v) is 13.9. The van der Waals surface area contributed by atoms with Crippen molar-refractivity contribution in [3.8, 4) is 0 Å². The highest BCUT2D eigenvalue weighted by molar-refractivity contribution is 6.74. The normalized spacial score (nSPS) is 24.3. The van der Waals surface area contributed by atoms with Crippen LogP contribution < -0.4 is 0 Å². The summed E-state index contributed by atoms with van der Waals surface area (Å²) in [6.07, 6.45) is 5.44. The van der Waals surface area contributed by atoms with Gasteiger partial charge >= 0.3 is 0 Å². The zero-order chi connectivity index (χ0) is 16.7. The molecule has 2 aliphatic rings. The van der Waals surface area contributed by atoms with Crippen LogP contribution in [0.3, 0.4) is 0 Å². The molecule has 128 valence electrons. The van der Waals surface area contributed by atoms with Crippen molar-refractivity contribution in [3.63, 3.8) is 0 Å². The first-order valence-electron chi connectivity index (χ1n) is 9.18. The molecule has 3 rings (SSSR count). The third-order valence-corrected chi connectivity index (χ3v) is 11.0. The van der Waals surface area contributed by atoms with Gasteiger partial charge in [-0.1, -0.05) is 51.1 Å². The molecule has 0 unspecified atom stereocenters. The fraction of sp³-hybridized carbons (Fsp3) is 0.700. The highest BCUT2D eigenvalue weighted by Gasteiger charge is 2.54. The molecule has 23 heavy (non-hydrogen) atoms. The Bertz CT molecular complexity index is 530. The quantitative estimate of drug-likeness (QED) is 0.687. The van der Waals surface area contributed by atoms with Crippen LogP contribution >= 0.6 is 0 Å². The van der Waals surface area contributed by atoms with Gasteiger partial charge in [0, 0.05) is 24.7 Å². The van der Waals surface area contributed by atoms with Crippen LogP contribution in [-0.2, 0) is 11.0 Å². The lowest BCUT2D eigenvalue weighted by molar-refractivity contribution is 0.116. The summed E-state index contributed by atoms with van der Waals surface area (Å²) in [5.41, 5.74) is 1.95. The third kappa shape index (κ3) is 3.57. The Labute approximate surface area is 143 Å². The van der Waals surface area contributed by atoms with Crippen molar-refractivity contribution < 1.29 is 4.43 Å². The van der Waals surface area contributed by atoms with Crippen LogP contribution in [0.2, 0.25) is 18.1 Å². The molecule has 0 bridgehead atoms. The second-order valence-electron chi connectivity index (χ2n) is 9.10. The van der Waals surface area contributed by atoms with Crippen molar-refractivity contribution in [1.82, 2.24) is 4.90 Å². The topological polar surface area (TPSA) is 12.5 Å². The molecule has 1 saturated carbocycles. The molecular formula is C20H33NOSi. The SMILES string of the molecule is CC(C)(C)[Si](C)(C)OC[C@H]1CCC2(CC2)N1Cc1ccccc1. The largest absolute Gasteiger partial charge is 0.415 e. The van der Waals surface area contributed by atoms with Crippen molar-refractivity contribution in [2.45, 2.75) is 82.7 Å². The third-order valence-electron chi connectivity index (χ3n) is 6.46. The first kappa shape index (κ1) is 17.2. The van der Waals surface area contributed by atoms with Gasteiger partial charge in [-0.25, -0.2) is 0 Å². The van der Waals surface area contributed by atoms with E-state index < -0.39 is 8.32 Å². The van der Waals surface area contributed by atoms with Crippen molar-refractivity contribution in [2.24, 2.45) is 0 Å². The molecule has 1 aromatic carbocycles. The van der Waals surface area contributed by atoms with Gasteiger partial charge in [-0.05, 0) is 49.4 Å². The highest BCUT2D eigenvalue weighted by atomic mass is 28.4. The lowest BCUT2D eigenvalue weighted by atomic mass is 10.1. The number of likely N-dealkylation sites (tertiary alicyclic amines) is 1. The molecule has 0 amide bonds. The Kier molecular flexibility index (Phi) is 4.50. The molecule has 1 spiro atoms. The van der Waals surface area contributed by atoms with Crippen molar-refractivity contribution in [3.05, 3.63) is 35.9 Å². The van der Waals surface area contributed by atoms with Crippen LogP contribution in [0.5, 0.6) is 0 Å². The van der Waals surface area contributed by atoms with Crippen molar-refractivity contribution in [1.29, 1.82) is 0 Å². The monoisotopic (exact) mass is 331 g/mol. The van der Waals surface area contributed by atoms with Crippen LogP contribution in [0.15, 0.2) is 30.3 Å². The van der Waals surface area contributed by atoms with E-state index >= 15 is 0 Å². The van der Waals surface area contributed by atoms with Crippen molar-refractivity contribution in [2.75, 3.05) is 6.61 Å². The highest BCUT2D eigenvalue weighted by Crippen LogP contribution is 2.52. The lowest BCUT2D eigenvalue weighted by Crippen LogP contribution is -2.46. The fourth-order valence-electron chi connectivity index (χ4n) is 3.57. The Morgan fingerprint density at radius 1 is 1.13 bits per heavy atom. The molecule has 1 aromatic rings. The van der Waals surface area contributed by atoms with Crippen LogP contribution in [0.25, 0.3) is 0 Å². The molecule has 2 nitrogen and oxygen atoms in total. The molecule has 1 heterocycles. The smallest absolute Gasteiger partial charge is 0.192 e. The molecule has 1 aliphatic heterocycles. The summed E-state index contributed by atoms with van der Waals surface area (Å²) < 4.78 is 6.56. The summed E-state index contributed by atoms with van der Waals surface area (Å²) in [5.74, 6) is 0. The lowest BCUT2D eigenvalue weighted by Gasteiger charge is -2.38. The molecule has 3 heteroatoms. The number of hydrogen-bond donors (Lipinski definition) is 0. The van der Waals surface area contributed by atoms with Crippen molar-refractivity contribution >= 4 is 8.32 Å². The van der Waals surface area contributed by atoms with Gasteiger partial charge in [-0.2, -0.15) is 0 Å². The average molecular weight is 332 g/mol. The maximum atomic E-state index is 6.56. The minimum atomic E-state index is -1.65. The first-order valence-corrected chi connectivity index (χ1v) is 12.1. The van der Waals surface area contributed by atoms with Gasteiger partial charge in [0.1, 0.15) is 0 Å². The number of hydrogen-bond acceptors (Lipinski definition) is 2. The first-order chi connectivity index (χ1) is 10.7. The van der Waals surface area contributed by atoms with E-state index in [0.717, 1.165) is 13.2 Å². The summed E-state index contributed by atoms with van der Waals surface area (Å²) in [4.78, 5) is 2.77. The zero-order valence-corrected chi connectivity index (χ0v) is 16.6. The van der Waals surface area contributed by atoms with E-state index in [1.54, 1.807) is 0 Å². The minimum Gasteiger partial charge on any atom is -0.415 e. The molecule has 1 atom stereocenters. The van der Waals surface area contributed by atoms with Gasteiger partial charge in [-0.3, -0.25) is 4.90 Å². The van der Waals surface area contributed by atoms with E-state index in [0.29, 0.717) is 16.6 Å². The average Bonchev–Trinajstić information content (AvgIpc) is 3.18. The van der Waals surface area contributed by atoms with E-state index in [-0.39, 0.29) is 0 Å². The standard InChI is InChI=1S/C20H33NOSi/c1-19(2,3)23(4,5)22-16-18-11-12-20(13-14-20)21(18)15-17-9-7-6-8-10-17/h6-10,18H,11-16H2,1-5H3/t18-/m1/s1. The van der Waals surface area contributed by atoms with Gasteiger partial charge in [-0.15, -0.1) is 0 Å². The Hall–Kier alpha value is -0.643. The molecule has 2 fully saturated rings. The predicted octanol–water partition coefficient (Wildman–Crippen LogP) is 5.21. The number of benzene rings is 1. The summed E-state index contributed by atoms with van der Waals surface area (Å²) >= 11 is 0.